The Balaban J connectivity index is 2.11. The maximum atomic E-state index is 10.1. The van der Waals surface area contributed by atoms with Crippen LogP contribution in [-0.2, 0) is 11.2 Å². The molecule has 1 saturated heterocycles. The average Bonchev–Trinajstić information content (AvgIpc) is 1.33. The summed E-state index contributed by atoms with van der Waals surface area (Å²) >= 11 is 4.90. The molecule has 3 heteroatoms. The molecule has 0 bridgehead atoms. The standard InChI is InChI=1S/C3H5ClOS/c4-3-1-6(5)2-3/h3H,1-2H2/t3-,6+. The van der Waals surface area contributed by atoms with E-state index in [4.69, 9.17) is 11.6 Å². The molecule has 0 saturated carbocycles. The fourth-order valence-corrected chi connectivity index (χ4v) is 1.91. The quantitative estimate of drug-likeness (QED) is 0.338. The number of alkyl halides is 1. The number of halogens is 1. The van der Waals surface area contributed by atoms with Crippen LogP contribution in [0.3, 0.4) is 0 Å². The highest BCUT2D eigenvalue weighted by Crippen LogP contribution is 2.15. The van der Waals surface area contributed by atoms with Crippen LogP contribution in [0.4, 0.5) is 0 Å². The third-order valence-corrected chi connectivity index (χ3v) is 2.96. The molecule has 0 unspecified atom stereocenters. The van der Waals surface area contributed by atoms with Gasteiger partial charge < -0.3 is 4.55 Å². The van der Waals surface area contributed by atoms with Crippen molar-refractivity contribution in [3.8, 4) is 0 Å². The second-order valence-corrected chi connectivity index (χ2v) is 3.53. The van der Waals surface area contributed by atoms with Crippen molar-refractivity contribution < 1.29 is 4.55 Å². The molecule has 0 atom stereocenters. The van der Waals surface area contributed by atoms with Crippen molar-refractivity contribution in [1.82, 2.24) is 0 Å². The first kappa shape index (κ1) is 4.75. The molecule has 0 aromatic heterocycles. The second-order valence-electron chi connectivity index (χ2n) is 1.37. The molecule has 0 spiro atoms. The Hall–Kier alpha value is 0.600. The lowest BCUT2D eigenvalue weighted by Gasteiger charge is -2.22. The molecule has 0 amide bonds. The Labute approximate surface area is 44.9 Å². The topological polar surface area (TPSA) is 23.1 Å². The summed E-state index contributed by atoms with van der Waals surface area (Å²) in [5, 5.41) is 0.214. The molecule has 1 aliphatic rings. The molecule has 0 N–H and O–H groups in total. The van der Waals surface area contributed by atoms with Crippen molar-refractivity contribution in [3.05, 3.63) is 0 Å². The third kappa shape index (κ3) is 0.806. The molecule has 1 rings (SSSR count). The van der Waals surface area contributed by atoms with E-state index in [1.165, 1.54) is 0 Å². The molecular formula is C3H5ClOS. The van der Waals surface area contributed by atoms with Crippen LogP contribution in [0, 0.1) is 0 Å². The molecule has 36 valence electrons. The van der Waals surface area contributed by atoms with Gasteiger partial charge in [-0.25, -0.2) is 0 Å². The first-order valence-corrected chi connectivity index (χ1v) is 3.70. The maximum absolute atomic E-state index is 10.1. The van der Waals surface area contributed by atoms with Crippen LogP contribution >= 0.6 is 11.6 Å². The molecule has 0 aromatic carbocycles. The van der Waals surface area contributed by atoms with Crippen molar-refractivity contribution in [2.75, 3.05) is 11.5 Å². The summed E-state index contributed by atoms with van der Waals surface area (Å²) in [5.74, 6) is 1.42. The van der Waals surface area contributed by atoms with Gasteiger partial charge in [0.25, 0.3) is 0 Å². The molecular weight excluding hydrogens is 120 g/mol. The van der Waals surface area contributed by atoms with E-state index in [-0.39, 0.29) is 5.38 Å². The first-order chi connectivity index (χ1) is 2.79. The minimum Gasteiger partial charge on any atom is -0.616 e. The Kier molecular flexibility index (Phi) is 1.27. The zero-order valence-electron chi connectivity index (χ0n) is 3.19. The molecule has 1 heterocycles. The lowest BCUT2D eigenvalue weighted by Crippen LogP contribution is -2.36. The van der Waals surface area contributed by atoms with Crippen molar-refractivity contribution in [2.45, 2.75) is 5.38 Å². The fraction of sp³-hybridized carbons (Fsp3) is 1.00. The molecule has 6 heavy (non-hydrogen) atoms. The summed E-state index contributed by atoms with van der Waals surface area (Å²) in [7, 11) is 0. The molecule has 0 aliphatic carbocycles. The van der Waals surface area contributed by atoms with Crippen LogP contribution in [0.1, 0.15) is 0 Å². The number of hydrogen-bond donors (Lipinski definition) is 0. The van der Waals surface area contributed by atoms with E-state index in [2.05, 4.69) is 0 Å². The van der Waals surface area contributed by atoms with Crippen LogP contribution in [0.15, 0.2) is 0 Å². The van der Waals surface area contributed by atoms with Crippen LogP contribution in [0.2, 0.25) is 0 Å². The highest BCUT2D eigenvalue weighted by Gasteiger charge is 2.28. The largest absolute Gasteiger partial charge is 0.616 e. The van der Waals surface area contributed by atoms with E-state index in [1.807, 2.05) is 0 Å². The van der Waals surface area contributed by atoms with Gasteiger partial charge in [0.2, 0.25) is 0 Å². The smallest absolute Gasteiger partial charge is 0.126 e. The Morgan fingerprint density at radius 1 is 1.67 bits per heavy atom. The lowest BCUT2D eigenvalue weighted by molar-refractivity contribution is 0.580. The zero-order chi connectivity index (χ0) is 4.57. The van der Waals surface area contributed by atoms with Crippen molar-refractivity contribution in [2.24, 2.45) is 0 Å². The van der Waals surface area contributed by atoms with E-state index in [1.54, 1.807) is 0 Å². The van der Waals surface area contributed by atoms with Gasteiger partial charge in [-0.1, -0.05) is 11.2 Å². The maximum Gasteiger partial charge on any atom is 0.126 e. The summed E-state index contributed by atoms with van der Waals surface area (Å²) in [6, 6.07) is 0. The van der Waals surface area contributed by atoms with Gasteiger partial charge in [0.05, 0.1) is 0 Å². The predicted molar refractivity (Wildman–Crippen MR) is 27.5 cm³/mol. The number of rotatable bonds is 0. The minimum atomic E-state index is -0.554. The van der Waals surface area contributed by atoms with Gasteiger partial charge in [-0.2, -0.15) is 0 Å². The summed E-state index contributed by atoms with van der Waals surface area (Å²) in [5.41, 5.74) is 0. The lowest BCUT2D eigenvalue weighted by atomic mass is 10.5. The van der Waals surface area contributed by atoms with Gasteiger partial charge in [-0.3, -0.25) is 0 Å². The fourth-order valence-electron chi connectivity index (χ4n) is 0.355. The van der Waals surface area contributed by atoms with Gasteiger partial charge >= 0.3 is 0 Å². The van der Waals surface area contributed by atoms with Crippen molar-refractivity contribution >= 4 is 22.8 Å². The van der Waals surface area contributed by atoms with E-state index >= 15 is 0 Å². The zero-order valence-corrected chi connectivity index (χ0v) is 4.76. The summed E-state index contributed by atoms with van der Waals surface area (Å²) in [4.78, 5) is 0. The molecule has 1 aliphatic heterocycles. The van der Waals surface area contributed by atoms with Gasteiger partial charge in [-0.05, 0) is 0 Å². The van der Waals surface area contributed by atoms with E-state index < -0.39 is 11.2 Å². The number of hydrogen-bond acceptors (Lipinski definition) is 1. The van der Waals surface area contributed by atoms with Gasteiger partial charge in [-0.15, -0.1) is 11.6 Å². The average molecular weight is 125 g/mol. The van der Waals surface area contributed by atoms with Crippen molar-refractivity contribution in [1.29, 1.82) is 0 Å². The molecule has 0 aromatic rings. The van der Waals surface area contributed by atoms with Crippen LogP contribution in [0.25, 0.3) is 0 Å². The molecule has 0 radical (unpaired) electrons. The first-order valence-electron chi connectivity index (χ1n) is 1.78. The third-order valence-electron chi connectivity index (χ3n) is 0.733. The van der Waals surface area contributed by atoms with Gasteiger partial charge in [0.15, 0.2) is 0 Å². The summed E-state index contributed by atoms with van der Waals surface area (Å²) in [6.07, 6.45) is 0. The Morgan fingerprint density at radius 3 is 2.17 bits per heavy atom. The second kappa shape index (κ2) is 1.60. The van der Waals surface area contributed by atoms with Crippen LogP contribution < -0.4 is 0 Å². The minimum absolute atomic E-state index is 0.214. The van der Waals surface area contributed by atoms with E-state index in [0.29, 0.717) is 11.5 Å². The Bertz CT molecular complexity index is 46.8. The highest BCUT2D eigenvalue weighted by atomic mass is 35.5. The SMILES string of the molecule is [O-][S@+]1C[C@H](Cl)C1. The van der Waals surface area contributed by atoms with E-state index in [9.17, 15) is 4.55 Å². The monoisotopic (exact) mass is 124 g/mol. The van der Waals surface area contributed by atoms with Crippen molar-refractivity contribution in [3.63, 3.8) is 0 Å². The Morgan fingerprint density at radius 2 is 2.17 bits per heavy atom. The summed E-state index contributed by atoms with van der Waals surface area (Å²) in [6.45, 7) is 0. The molecule has 1 fully saturated rings. The predicted octanol–water partition coefficient (Wildman–Crippen LogP) is 0.356. The summed E-state index contributed by atoms with van der Waals surface area (Å²) < 4.78 is 10.1. The molecule has 1 nitrogen and oxygen atoms in total. The normalized spacial score (nSPS) is 45.0. The van der Waals surface area contributed by atoms with Gasteiger partial charge in [0, 0.05) is 0 Å². The van der Waals surface area contributed by atoms with E-state index in [0.717, 1.165) is 0 Å². The highest BCUT2D eigenvalue weighted by molar-refractivity contribution is 7.93. The van der Waals surface area contributed by atoms with Crippen LogP contribution in [0.5, 0.6) is 0 Å². The van der Waals surface area contributed by atoms with Gasteiger partial charge in [0.1, 0.15) is 16.9 Å². The van der Waals surface area contributed by atoms with Crippen LogP contribution in [-0.4, -0.2) is 21.4 Å².